The molecular formula is C29H35N3O4. The molecule has 2 aliphatic heterocycles. The van der Waals surface area contributed by atoms with Crippen LogP contribution in [0.3, 0.4) is 0 Å². The summed E-state index contributed by atoms with van der Waals surface area (Å²) in [5.41, 5.74) is 8.00. The van der Waals surface area contributed by atoms with E-state index < -0.39 is 17.1 Å². The van der Waals surface area contributed by atoms with E-state index in [1.165, 1.54) is 18.4 Å². The minimum absolute atomic E-state index is 0.0336. The number of nitrogens with two attached hydrogens (primary N) is 1. The third-order valence-electron chi connectivity index (χ3n) is 9.92. The molecule has 6 atom stereocenters. The van der Waals surface area contributed by atoms with Crippen LogP contribution in [0.15, 0.2) is 36.4 Å². The third kappa shape index (κ3) is 2.96. The van der Waals surface area contributed by atoms with Crippen LogP contribution in [0.1, 0.15) is 61.6 Å². The Morgan fingerprint density at radius 1 is 1.19 bits per heavy atom. The second kappa shape index (κ2) is 7.62. The normalized spacial score (nSPS) is 35.0. The van der Waals surface area contributed by atoms with Gasteiger partial charge in [-0.05, 0) is 87.2 Å². The highest BCUT2D eigenvalue weighted by Gasteiger charge is 2.73. The molecular weight excluding hydrogens is 454 g/mol. The Bertz CT molecular complexity index is 1230. The molecule has 2 heterocycles. The number of ether oxygens (including phenoxy) is 1. The number of aromatic hydroxyl groups is 1. The quantitative estimate of drug-likeness (QED) is 0.481. The molecule has 3 unspecified atom stereocenters. The summed E-state index contributed by atoms with van der Waals surface area (Å²) in [6, 6.07) is 10.9. The molecule has 1 spiro atoms. The number of rotatable bonds is 5. The van der Waals surface area contributed by atoms with E-state index in [4.69, 9.17) is 10.5 Å². The van der Waals surface area contributed by atoms with Gasteiger partial charge in [0.25, 0.3) is 0 Å². The van der Waals surface area contributed by atoms with E-state index in [0.717, 1.165) is 43.0 Å². The Morgan fingerprint density at radius 3 is 2.72 bits per heavy atom. The summed E-state index contributed by atoms with van der Waals surface area (Å²) >= 11 is 0. The number of hydrogen-bond acceptors (Lipinski definition) is 6. The standard InChI is InChI=1S/C29H35N3O4/c1-16(18-4-7-20(30)8-5-18)27(34)31-21-10-11-29(35)23-14-19-6-9-22(33)25-24(19)28(29,26(21)36-25)12-13-32(23)15-17-2-3-17/h4-9,16-17,21,23,26,33,35H,2-3,10-15,30H2,1H3,(H,31,34)/t16?,21?,23-,26?,28+,29-/m1/s1. The molecule has 0 radical (unpaired) electrons. The van der Waals surface area contributed by atoms with E-state index in [0.29, 0.717) is 24.3 Å². The van der Waals surface area contributed by atoms with Crippen LogP contribution in [0.25, 0.3) is 0 Å². The summed E-state index contributed by atoms with van der Waals surface area (Å²) in [5.74, 6) is 0.989. The number of amides is 1. The molecule has 3 fully saturated rings. The lowest BCUT2D eigenvalue weighted by Crippen LogP contribution is -2.78. The molecule has 2 bridgehead atoms. The van der Waals surface area contributed by atoms with Crippen molar-refractivity contribution in [3.05, 3.63) is 53.1 Å². The van der Waals surface area contributed by atoms with Crippen molar-refractivity contribution in [2.45, 2.75) is 80.6 Å². The Hall–Kier alpha value is -2.77. The number of anilines is 1. The summed E-state index contributed by atoms with van der Waals surface area (Å²) in [7, 11) is 0. The van der Waals surface area contributed by atoms with Crippen LogP contribution in [-0.2, 0) is 16.6 Å². The Labute approximate surface area is 211 Å². The van der Waals surface area contributed by atoms with E-state index in [1.807, 2.05) is 37.3 Å². The van der Waals surface area contributed by atoms with Gasteiger partial charge in [0, 0.05) is 23.8 Å². The maximum Gasteiger partial charge on any atom is 0.227 e. The lowest BCUT2D eigenvalue weighted by atomic mass is 9.48. The minimum atomic E-state index is -0.944. The first-order chi connectivity index (χ1) is 17.3. The van der Waals surface area contributed by atoms with Crippen molar-refractivity contribution in [2.75, 3.05) is 18.8 Å². The molecule has 7 heteroatoms. The average molecular weight is 490 g/mol. The van der Waals surface area contributed by atoms with Crippen molar-refractivity contribution in [1.82, 2.24) is 10.2 Å². The molecule has 2 saturated carbocycles. The van der Waals surface area contributed by atoms with Gasteiger partial charge in [0.05, 0.1) is 23.0 Å². The van der Waals surface area contributed by atoms with Crippen LogP contribution >= 0.6 is 0 Å². The molecule has 1 saturated heterocycles. The van der Waals surface area contributed by atoms with Crippen LogP contribution in [0.5, 0.6) is 11.5 Å². The number of phenolic OH excluding ortho intramolecular Hbond substituents is 1. The van der Waals surface area contributed by atoms with Crippen molar-refractivity contribution < 1.29 is 19.7 Å². The minimum Gasteiger partial charge on any atom is -0.504 e. The molecule has 0 aromatic heterocycles. The Kier molecular flexibility index (Phi) is 4.75. The molecule has 190 valence electrons. The second-order valence-electron chi connectivity index (χ2n) is 11.8. The number of nitrogens with zero attached hydrogens (tertiary/aromatic N) is 1. The molecule has 2 aromatic rings. The van der Waals surface area contributed by atoms with Crippen LogP contribution in [0.2, 0.25) is 0 Å². The van der Waals surface area contributed by atoms with Crippen molar-refractivity contribution >= 4 is 11.6 Å². The van der Waals surface area contributed by atoms with Gasteiger partial charge in [0.15, 0.2) is 11.5 Å². The molecule has 2 aromatic carbocycles. The SMILES string of the molecule is CC(C(=O)NC1CC[C@@]2(O)[C@H]3Cc4ccc(O)c5c4[C@@]2(CCN3CC2CC2)C1O5)c1ccc(N)cc1. The molecule has 7 nitrogen and oxygen atoms in total. The van der Waals surface area contributed by atoms with Gasteiger partial charge in [-0.25, -0.2) is 0 Å². The highest BCUT2D eigenvalue weighted by molar-refractivity contribution is 5.83. The molecule has 36 heavy (non-hydrogen) atoms. The Morgan fingerprint density at radius 2 is 1.97 bits per heavy atom. The van der Waals surface area contributed by atoms with Crippen LogP contribution in [-0.4, -0.2) is 57.9 Å². The van der Waals surface area contributed by atoms with E-state index in [9.17, 15) is 15.0 Å². The first-order valence-corrected chi connectivity index (χ1v) is 13.5. The molecule has 3 aliphatic carbocycles. The summed E-state index contributed by atoms with van der Waals surface area (Å²) in [6.45, 7) is 3.86. The van der Waals surface area contributed by atoms with E-state index in [-0.39, 0.29) is 29.7 Å². The zero-order chi connectivity index (χ0) is 24.8. The zero-order valence-electron chi connectivity index (χ0n) is 20.7. The van der Waals surface area contributed by atoms with Crippen molar-refractivity contribution in [3.63, 3.8) is 0 Å². The van der Waals surface area contributed by atoms with Crippen molar-refractivity contribution in [3.8, 4) is 11.5 Å². The maximum atomic E-state index is 13.4. The third-order valence-corrected chi connectivity index (χ3v) is 9.92. The Balaban J connectivity index is 1.24. The number of aliphatic hydroxyl groups is 1. The highest BCUT2D eigenvalue weighted by Crippen LogP contribution is 2.65. The van der Waals surface area contributed by atoms with Gasteiger partial charge in [0.1, 0.15) is 6.10 Å². The number of nitrogens with one attached hydrogen (secondary N) is 1. The molecule has 7 rings (SSSR count). The summed E-state index contributed by atoms with van der Waals surface area (Å²) in [6.07, 6.45) is 4.94. The summed E-state index contributed by atoms with van der Waals surface area (Å²) < 4.78 is 6.56. The van der Waals surface area contributed by atoms with Crippen molar-refractivity contribution in [1.29, 1.82) is 0 Å². The predicted octanol–water partition coefficient (Wildman–Crippen LogP) is 2.83. The smallest absolute Gasteiger partial charge is 0.227 e. The van der Waals surface area contributed by atoms with Crippen LogP contribution in [0, 0.1) is 5.92 Å². The topological polar surface area (TPSA) is 108 Å². The lowest BCUT2D eigenvalue weighted by Gasteiger charge is -2.64. The monoisotopic (exact) mass is 489 g/mol. The van der Waals surface area contributed by atoms with Gasteiger partial charge in [-0.1, -0.05) is 18.2 Å². The average Bonchev–Trinajstić information content (AvgIpc) is 3.61. The van der Waals surface area contributed by atoms with Gasteiger partial charge in [0.2, 0.25) is 5.91 Å². The fourth-order valence-corrected chi connectivity index (χ4v) is 7.87. The van der Waals surface area contributed by atoms with E-state index in [2.05, 4.69) is 10.2 Å². The maximum absolute atomic E-state index is 13.4. The number of benzene rings is 2. The molecule has 5 N–H and O–H groups in total. The number of likely N-dealkylation sites (tertiary alicyclic amines) is 1. The largest absolute Gasteiger partial charge is 0.504 e. The van der Waals surface area contributed by atoms with Crippen LogP contribution < -0.4 is 15.8 Å². The van der Waals surface area contributed by atoms with E-state index >= 15 is 0 Å². The number of nitrogen functional groups attached to an aromatic ring is 1. The van der Waals surface area contributed by atoms with Crippen LogP contribution in [0.4, 0.5) is 5.69 Å². The lowest BCUT2D eigenvalue weighted by molar-refractivity contribution is -0.192. The number of carbonyl (C=O) groups is 1. The fraction of sp³-hybridized carbons (Fsp3) is 0.552. The predicted molar refractivity (Wildman–Crippen MR) is 136 cm³/mol. The van der Waals surface area contributed by atoms with Gasteiger partial charge in [-0.2, -0.15) is 0 Å². The first-order valence-electron chi connectivity index (χ1n) is 13.5. The zero-order valence-corrected chi connectivity index (χ0v) is 20.7. The van der Waals surface area contributed by atoms with Gasteiger partial charge < -0.3 is 26.0 Å². The second-order valence-corrected chi connectivity index (χ2v) is 11.8. The molecule has 1 amide bonds. The van der Waals surface area contributed by atoms with Gasteiger partial charge >= 0.3 is 0 Å². The summed E-state index contributed by atoms with van der Waals surface area (Å²) in [5, 5.41) is 26.6. The van der Waals surface area contributed by atoms with Crippen molar-refractivity contribution in [2.24, 2.45) is 5.92 Å². The first kappa shape index (κ1) is 22.4. The number of piperidine rings is 1. The number of carbonyl (C=O) groups excluding carboxylic acids is 1. The van der Waals surface area contributed by atoms with Gasteiger partial charge in [-0.3, -0.25) is 9.69 Å². The number of hydrogen-bond donors (Lipinski definition) is 4. The molecule has 5 aliphatic rings. The fourth-order valence-electron chi connectivity index (χ4n) is 7.87. The van der Waals surface area contributed by atoms with E-state index in [1.54, 1.807) is 6.07 Å². The highest BCUT2D eigenvalue weighted by atomic mass is 16.5. The number of phenols is 1. The summed E-state index contributed by atoms with van der Waals surface area (Å²) in [4.78, 5) is 15.9. The van der Waals surface area contributed by atoms with Gasteiger partial charge in [-0.15, -0.1) is 0 Å².